The largest absolute Gasteiger partial charge is 0.496 e. The van der Waals surface area contributed by atoms with Crippen LogP contribution in [0.3, 0.4) is 0 Å². The molecule has 0 radical (unpaired) electrons. The Morgan fingerprint density at radius 3 is 2.75 bits per heavy atom. The van der Waals surface area contributed by atoms with Crippen LogP contribution in [-0.4, -0.2) is 42.1 Å². The lowest BCUT2D eigenvalue weighted by Crippen LogP contribution is -2.27. The topological polar surface area (TPSA) is 75.6 Å². The summed E-state index contributed by atoms with van der Waals surface area (Å²) in [7, 11) is 1.62. The molecule has 0 atom stereocenters. The predicted molar refractivity (Wildman–Crippen MR) is 79.4 cm³/mol. The number of hydrogen-bond acceptors (Lipinski definition) is 4. The van der Waals surface area contributed by atoms with Crippen LogP contribution in [-0.2, 0) is 16.0 Å². The Morgan fingerprint density at radius 1 is 1.35 bits per heavy atom. The van der Waals surface area contributed by atoms with E-state index in [1.165, 1.54) is 0 Å². The first-order valence-electron chi connectivity index (χ1n) is 6.22. The smallest absolute Gasteiger partial charge is 0.313 e. The molecule has 0 saturated carbocycles. The highest BCUT2D eigenvalue weighted by atomic mass is 32.2. The lowest BCUT2D eigenvalue weighted by Gasteiger charge is -2.10. The van der Waals surface area contributed by atoms with Crippen LogP contribution >= 0.6 is 11.8 Å². The third-order valence-corrected chi connectivity index (χ3v) is 3.53. The number of hydrogen-bond donors (Lipinski definition) is 2. The quantitative estimate of drug-likeness (QED) is 0.760. The van der Waals surface area contributed by atoms with Gasteiger partial charge in [0.15, 0.2) is 0 Å². The average molecular weight is 297 g/mol. The SMILES string of the molecule is COc1ccc(C)cc1CCNC(=O)CSCC(=O)O. The number of thioether (sulfide) groups is 1. The molecule has 0 aliphatic carbocycles. The number of aliphatic carboxylic acids is 1. The molecule has 1 amide bonds. The Kier molecular flexibility index (Phi) is 6.93. The molecule has 0 heterocycles. The third kappa shape index (κ3) is 5.97. The second-order valence-electron chi connectivity index (χ2n) is 4.30. The monoisotopic (exact) mass is 297 g/mol. The Morgan fingerprint density at radius 2 is 2.10 bits per heavy atom. The van der Waals surface area contributed by atoms with Crippen molar-refractivity contribution in [1.82, 2.24) is 5.32 Å². The molecule has 0 fully saturated rings. The van der Waals surface area contributed by atoms with Gasteiger partial charge < -0.3 is 15.2 Å². The summed E-state index contributed by atoms with van der Waals surface area (Å²) >= 11 is 1.09. The Bertz CT molecular complexity index is 476. The number of aryl methyl sites for hydroxylation is 1. The second-order valence-corrected chi connectivity index (χ2v) is 5.29. The van der Waals surface area contributed by atoms with E-state index in [1.54, 1.807) is 7.11 Å². The molecule has 0 spiro atoms. The number of carboxylic acid groups (broad SMARTS) is 1. The summed E-state index contributed by atoms with van der Waals surface area (Å²) in [6.45, 7) is 2.51. The zero-order valence-corrected chi connectivity index (χ0v) is 12.5. The minimum Gasteiger partial charge on any atom is -0.496 e. The van der Waals surface area contributed by atoms with Gasteiger partial charge in [-0.3, -0.25) is 9.59 Å². The van der Waals surface area contributed by atoms with E-state index in [2.05, 4.69) is 5.32 Å². The summed E-state index contributed by atoms with van der Waals surface area (Å²) in [4.78, 5) is 21.8. The van der Waals surface area contributed by atoms with Crippen LogP contribution in [0, 0.1) is 6.92 Å². The number of methoxy groups -OCH3 is 1. The molecule has 1 rings (SSSR count). The molecular formula is C14H19NO4S. The van der Waals surface area contributed by atoms with Gasteiger partial charge in [-0.1, -0.05) is 17.7 Å². The van der Waals surface area contributed by atoms with E-state index in [0.717, 1.165) is 28.6 Å². The van der Waals surface area contributed by atoms with E-state index in [0.29, 0.717) is 13.0 Å². The molecule has 0 unspecified atom stereocenters. The van der Waals surface area contributed by atoms with Gasteiger partial charge in [-0.15, -0.1) is 11.8 Å². The minimum absolute atomic E-state index is 0.0564. The number of nitrogens with one attached hydrogen (secondary N) is 1. The minimum atomic E-state index is -0.910. The van der Waals surface area contributed by atoms with Crippen molar-refractivity contribution in [2.45, 2.75) is 13.3 Å². The van der Waals surface area contributed by atoms with E-state index in [9.17, 15) is 9.59 Å². The molecule has 0 saturated heterocycles. The molecule has 0 aliphatic heterocycles. The van der Waals surface area contributed by atoms with E-state index in [-0.39, 0.29) is 17.4 Å². The number of amides is 1. The van der Waals surface area contributed by atoms with Crippen LogP contribution in [0.5, 0.6) is 5.75 Å². The lowest BCUT2D eigenvalue weighted by atomic mass is 10.1. The first-order valence-corrected chi connectivity index (χ1v) is 7.38. The van der Waals surface area contributed by atoms with Gasteiger partial charge in [-0.2, -0.15) is 0 Å². The second kappa shape index (κ2) is 8.47. The van der Waals surface area contributed by atoms with Crippen LogP contribution in [0.2, 0.25) is 0 Å². The fraction of sp³-hybridized carbons (Fsp3) is 0.429. The van der Waals surface area contributed by atoms with Crippen molar-refractivity contribution in [2.75, 3.05) is 25.2 Å². The van der Waals surface area contributed by atoms with Gasteiger partial charge in [0.2, 0.25) is 5.91 Å². The molecule has 2 N–H and O–H groups in total. The maximum atomic E-state index is 11.5. The molecule has 0 aliphatic rings. The summed E-state index contributed by atoms with van der Waals surface area (Å²) < 4.78 is 5.27. The van der Waals surface area contributed by atoms with Crippen LogP contribution in [0.1, 0.15) is 11.1 Å². The molecule has 1 aromatic rings. The van der Waals surface area contributed by atoms with Crippen LogP contribution < -0.4 is 10.1 Å². The highest BCUT2D eigenvalue weighted by molar-refractivity contribution is 8.00. The van der Waals surface area contributed by atoms with Crippen molar-refractivity contribution in [3.63, 3.8) is 0 Å². The molecule has 110 valence electrons. The molecule has 5 nitrogen and oxygen atoms in total. The Labute approximate surface area is 122 Å². The normalized spacial score (nSPS) is 10.1. The van der Waals surface area contributed by atoms with Crippen LogP contribution in [0.15, 0.2) is 18.2 Å². The summed E-state index contributed by atoms with van der Waals surface area (Å²) in [5, 5.41) is 11.2. The van der Waals surface area contributed by atoms with E-state index >= 15 is 0 Å². The van der Waals surface area contributed by atoms with Gasteiger partial charge in [0.25, 0.3) is 0 Å². The Balaban J connectivity index is 2.35. The van der Waals surface area contributed by atoms with Crippen molar-refractivity contribution in [2.24, 2.45) is 0 Å². The maximum Gasteiger partial charge on any atom is 0.313 e. The van der Waals surface area contributed by atoms with Crippen LogP contribution in [0.4, 0.5) is 0 Å². The maximum absolute atomic E-state index is 11.5. The van der Waals surface area contributed by atoms with Gasteiger partial charge >= 0.3 is 5.97 Å². The third-order valence-electron chi connectivity index (χ3n) is 2.61. The Hall–Kier alpha value is -1.69. The summed E-state index contributed by atoms with van der Waals surface area (Å²) in [6, 6.07) is 5.92. The number of rotatable bonds is 8. The molecule has 20 heavy (non-hydrogen) atoms. The predicted octanol–water partition coefficient (Wildman–Crippen LogP) is 1.48. The molecule has 0 bridgehead atoms. The number of benzene rings is 1. The number of carboxylic acids is 1. The standard InChI is InChI=1S/C14H19NO4S/c1-10-3-4-12(19-2)11(7-10)5-6-15-13(16)8-20-9-14(17)18/h3-4,7H,5-6,8-9H2,1-2H3,(H,15,16)(H,17,18). The number of carbonyl (C=O) groups excluding carboxylic acids is 1. The highest BCUT2D eigenvalue weighted by Crippen LogP contribution is 2.19. The fourth-order valence-corrected chi connectivity index (χ4v) is 2.29. The van der Waals surface area contributed by atoms with Crippen molar-refractivity contribution in [3.05, 3.63) is 29.3 Å². The van der Waals surface area contributed by atoms with E-state index < -0.39 is 5.97 Å². The highest BCUT2D eigenvalue weighted by Gasteiger charge is 2.06. The van der Waals surface area contributed by atoms with Gasteiger partial charge in [-0.25, -0.2) is 0 Å². The van der Waals surface area contributed by atoms with Gasteiger partial charge in [0, 0.05) is 6.54 Å². The summed E-state index contributed by atoms with van der Waals surface area (Å²) in [6.07, 6.45) is 0.681. The lowest BCUT2D eigenvalue weighted by molar-refractivity contribution is -0.133. The summed E-state index contributed by atoms with van der Waals surface area (Å²) in [5.74, 6) is -0.142. The number of ether oxygens (including phenoxy) is 1. The number of carbonyl (C=O) groups is 2. The first kappa shape index (κ1) is 16.4. The van der Waals surface area contributed by atoms with E-state index in [1.807, 2.05) is 25.1 Å². The summed E-state index contributed by atoms with van der Waals surface area (Å²) in [5.41, 5.74) is 2.19. The fourth-order valence-electron chi connectivity index (χ4n) is 1.72. The van der Waals surface area contributed by atoms with Gasteiger partial charge in [-0.05, 0) is 25.0 Å². The molecule has 1 aromatic carbocycles. The van der Waals surface area contributed by atoms with E-state index in [4.69, 9.17) is 9.84 Å². The molecule has 0 aromatic heterocycles. The van der Waals surface area contributed by atoms with Crippen molar-refractivity contribution in [1.29, 1.82) is 0 Å². The van der Waals surface area contributed by atoms with Crippen molar-refractivity contribution >= 4 is 23.6 Å². The van der Waals surface area contributed by atoms with Gasteiger partial charge in [0.1, 0.15) is 5.75 Å². The zero-order chi connectivity index (χ0) is 15.0. The first-order chi connectivity index (χ1) is 9.52. The zero-order valence-electron chi connectivity index (χ0n) is 11.6. The molecular weight excluding hydrogens is 278 g/mol. The van der Waals surface area contributed by atoms with Gasteiger partial charge in [0.05, 0.1) is 18.6 Å². The van der Waals surface area contributed by atoms with Crippen LogP contribution in [0.25, 0.3) is 0 Å². The average Bonchev–Trinajstić information content (AvgIpc) is 2.38. The van der Waals surface area contributed by atoms with Crippen molar-refractivity contribution < 1.29 is 19.4 Å². The molecule has 6 heteroatoms. The van der Waals surface area contributed by atoms with Crippen molar-refractivity contribution in [3.8, 4) is 5.75 Å².